The maximum atomic E-state index is 10.8. The van der Waals surface area contributed by atoms with Gasteiger partial charge in [-0.2, -0.15) is 4.52 Å². The Morgan fingerprint density at radius 3 is 2.60 bits per heavy atom. The monoisotopic (exact) mass is 206 g/mol. The molecule has 0 saturated carbocycles. The van der Waals surface area contributed by atoms with Crippen LogP contribution in [0.25, 0.3) is 5.65 Å². The molecule has 0 atom stereocenters. The largest absolute Gasteiger partial charge is 0.476 e. The summed E-state index contributed by atoms with van der Waals surface area (Å²) in [6.07, 6.45) is 0. The fourth-order valence-electron chi connectivity index (χ4n) is 1.40. The SMILES string of the molecule is Cc1nc2c(C(=O)O)nnn2c(C)c1C. The lowest BCUT2D eigenvalue weighted by molar-refractivity contribution is 0.0692. The van der Waals surface area contributed by atoms with Crippen LogP contribution in [0.4, 0.5) is 0 Å². The van der Waals surface area contributed by atoms with Crippen LogP contribution < -0.4 is 0 Å². The van der Waals surface area contributed by atoms with Gasteiger partial charge in [-0.25, -0.2) is 9.78 Å². The average Bonchev–Trinajstić information content (AvgIpc) is 2.58. The Bertz CT molecular complexity index is 559. The van der Waals surface area contributed by atoms with E-state index in [2.05, 4.69) is 15.3 Å². The first-order chi connectivity index (χ1) is 7.02. The molecule has 0 spiro atoms. The zero-order valence-corrected chi connectivity index (χ0v) is 8.64. The highest BCUT2D eigenvalue weighted by atomic mass is 16.4. The minimum atomic E-state index is -1.11. The van der Waals surface area contributed by atoms with E-state index in [1.165, 1.54) is 4.52 Å². The number of fused-ring (bicyclic) bond motifs is 1. The molecule has 0 amide bonds. The van der Waals surface area contributed by atoms with Gasteiger partial charge in [-0.05, 0) is 26.3 Å². The van der Waals surface area contributed by atoms with Gasteiger partial charge in [0, 0.05) is 11.4 Å². The standard InChI is InChI=1S/C9H10N4O2/c1-4-5(2)10-8-7(9(14)15)11-12-13(8)6(4)3/h1-3H3,(H,14,15). The Morgan fingerprint density at radius 1 is 1.33 bits per heavy atom. The van der Waals surface area contributed by atoms with Gasteiger partial charge in [-0.15, -0.1) is 5.10 Å². The number of hydrogen-bond acceptors (Lipinski definition) is 4. The van der Waals surface area contributed by atoms with Crippen molar-refractivity contribution in [1.29, 1.82) is 0 Å². The first-order valence-corrected chi connectivity index (χ1v) is 4.45. The molecule has 0 saturated heterocycles. The average molecular weight is 206 g/mol. The van der Waals surface area contributed by atoms with Gasteiger partial charge in [0.05, 0.1) is 0 Å². The molecule has 0 fully saturated rings. The summed E-state index contributed by atoms with van der Waals surface area (Å²) in [5.41, 5.74) is 2.83. The van der Waals surface area contributed by atoms with Crippen LogP contribution in [0.15, 0.2) is 0 Å². The minimum absolute atomic E-state index is 0.110. The predicted molar refractivity (Wildman–Crippen MR) is 52.0 cm³/mol. The van der Waals surface area contributed by atoms with E-state index in [9.17, 15) is 4.79 Å². The van der Waals surface area contributed by atoms with Gasteiger partial charge in [0.25, 0.3) is 0 Å². The van der Waals surface area contributed by atoms with Gasteiger partial charge in [0.2, 0.25) is 5.69 Å². The summed E-state index contributed by atoms with van der Waals surface area (Å²) in [4.78, 5) is 15.0. The second kappa shape index (κ2) is 3.01. The number of carbonyl (C=O) groups is 1. The van der Waals surface area contributed by atoms with Gasteiger partial charge in [-0.1, -0.05) is 5.21 Å². The number of aryl methyl sites for hydroxylation is 2. The molecule has 6 heteroatoms. The Kier molecular flexibility index (Phi) is 1.92. The number of carboxylic acids is 1. The van der Waals surface area contributed by atoms with Crippen LogP contribution >= 0.6 is 0 Å². The number of aromatic carboxylic acids is 1. The van der Waals surface area contributed by atoms with Gasteiger partial charge in [0.1, 0.15) is 0 Å². The molecule has 1 N–H and O–H groups in total. The third kappa shape index (κ3) is 1.25. The molecule has 2 rings (SSSR count). The summed E-state index contributed by atoms with van der Waals surface area (Å²) in [7, 11) is 0. The second-order valence-corrected chi connectivity index (χ2v) is 3.39. The molecule has 2 heterocycles. The Labute approximate surface area is 85.6 Å². The summed E-state index contributed by atoms with van der Waals surface area (Å²) in [5, 5.41) is 16.2. The first-order valence-electron chi connectivity index (χ1n) is 4.45. The summed E-state index contributed by atoms with van der Waals surface area (Å²) in [6.45, 7) is 5.61. The molecule has 0 aromatic carbocycles. The number of nitrogens with zero attached hydrogens (tertiary/aromatic N) is 4. The molecule has 15 heavy (non-hydrogen) atoms. The van der Waals surface area contributed by atoms with Gasteiger partial charge >= 0.3 is 5.97 Å². The Balaban J connectivity index is 2.89. The van der Waals surface area contributed by atoms with Crippen LogP contribution in [0.5, 0.6) is 0 Å². The van der Waals surface area contributed by atoms with Crippen LogP contribution in [0.3, 0.4) is 0 Å². The summed E-state index contributed by atoms with van der Waals surface area (Å²) in [5.74, 6) is -1.11. The normalized spacial score (nSPS) is 10.9. The molecular formula is C9H10N4O2. The lowest BCUT2D eigenvalue weighted by atomic mass is 10.2. The molecule has 6 nitrogen and oxygen atoms in total. The van der Waals surface area contributed by atoms with E-state index in [0.717, 1.165) is 17.0 Å². The quantitative estimate of drug-likeness (QED) is 0.744. The maximum absolute atomic E-state index is 10.8. The minimum Gasteiger partial charge on any atom is -0.476 e. The van der Waals surface area contributed by atoms with Crippen molar-refractivity contribution in [2.24, 2.45) is 0 Å². The first kappa shape index (κ1) is 9.57. The predicted octanol–water partition coefficient (Wildman–Crippen LogP) is 0.748. The molecule has 0 aliphatic rings. The van der Waals surface area contributed by atoms with Gasteiger partial charge in [0.15, 0.2) is 5.65 Å². The molecule has 0 aliphatic carbocycles. The summed E-state index contributed by atoms with van der Waals surface area (Å²) < 4.78 is 1.45. The van der Waals surface area contributed by atoms with Crippen LogP contribution in [0, 0.1) is 20.8 Å². The molecule has 0 unspecified atom stereocenters. The highest BCUT2D eigenvalue weighted by Gasteiger charge is 2.17. The highest BCUT2D eigenvalue weighted by molar-refractivity contribution is 5.91. The van der Waals surface area contributed by atoms with Crippen LogP contribution in [-0.4, -0.2) is 30.9 Å². The fourth-order valence-corrected chi connectivity index (χ4v) is 1.40. The number of aromatic nitrogens is 4. The summed E-state index contributed by atoms with van der Waals surface area (Å²) >= 11 is 0. The van der Waals surface area contributed by atoms with Crippen molar-refractivity contribution >= 4 is 11.6 Å². The lowest BCUT2D eigenvalue weighted by Gasteiger charge is -2.04. The van der Waals surface area contributed by atoms with Crippen molar-refractivity contribution in [1.82, 2.24) is 19.8 Å². The number of rotatable bonds is 1. The van der Waals surface area contributed by atoms with Crippen molar-refractivity contribution in [2.45, 2.75) is 20.8 Å². The zero-order chi connectivity index (χ0) is 11.2. The van der Waals surface area contributed by atoms with Crippen LogP contribution in [-0.2, 0) is 0 Å². The number of carboxylic acid groups (broad SMARTS) is 1. The van der Waals surface area contributed by atoms with Crippen LogP contribution in [0.2, 0.25) is 0 Å². The lowest BCUT2D eigenvalue weighted by Crippen LogP contribution is -2.04. The third-order valence-electron chi connectivity index (χ3n) is 2.53. The smallest absolute Gasteiger partial charge is 0.360 e. The highest BCUT2D eigenvalue weighted by Crippen LogP contribution is 2.14. The summed E-state index contributed by atoms with van der Waals surface area (Å²) in [6, 6.07) is 0. The van der Waals surface area contributed by atoms with Crippen molar-refractivity contribution in [3.8, 4) is 0 Å². The number of hydrogen-bond donors (Lipinski definition) is 1. The third-order valence-corrected chi connectivity index (χ3v) is 2.53. The van der Waals surface area contributed by atoms with E-state index in [0.29, 0.717) is 5.65 Å². The van der Waals surface area contributed by atoms with Gasteiger partial charge < -0.3 is 5.11 Å². The van der Waals surface area contributed by atoms with Crippen molar-refractivity contribution < 1.29 is 9.90 Å². The molecule has 0 aliphatic heterocycles. The second-order valence-electron chi connectivity index (χ2n) is 3.39. The molecular weight excluding hydrogens is 196 g/mol. The maximum Gasteiger partial charge on any atom is 0.360 e. The van der Waals surface area contributed by atoms with E-state index in [1.54, 1.807) is 0 Å². The van der Waals surface area contributed by atoms with Crippen LogP contribution in [0.1, 0.15) is 27.4 Å². The van der Waals surface area contributed by atoms with E-state index in [4.69, 9.17) is 5.11 Å². The fraction of sp³-hybridized carbons (Fsp3) is 0.333. The van der Waals surface area contributed by atoms with E-state index >= 15 is 0 Å². The molecule has 2 aromatic rings. The zero-order valence-electron chi connectivity index (χ0n) is 8.64. The van der Waals surface area contributed by atoms with Crippen molar-refractivity contribution in [2.75, 3.05) is 0 Å². The Morgan fingerprint density at radius 2 is 2.00 bits per heavy atom. The van der Waals surface area contributed by atoms with E-state index in [-0.39, 0.29) is 5.69 Å². The molecule has 0 radical (unpaired) electrons. The molecule has 0 bridgehead atoms. The Hall–Kier alpha value is -1.98. The van der Waals surface area contributed by atoms with E-state index < -0.39 is 5.97 Å². The topological polar surface area (TPSA) is 80.4 Å². The van der Waals surface area contributed by atoms with Gasteiger partial charge in [-0.3, -0.25) is 0 Å². The van der Waals surface area contributed by atoms with Crippen molar-refractivity contribution in [3.05, 3.63) is 22.6 Å². The van der Waals surface area contributed by atoms with E-state index in [1.807, 2.05) is 20.8 Å². The molecule has 2 aromatic heterocycles. The molecule has 78 valence electrons. The van der Waals surface area contributed by atoms with Crippen molar-refractivity contribution in [3.63, 3.8) is 0 Å².